The summed E-state index contributed by atoms with van der Waals surface area (Å²) < 4.78 is 13.5. The molecule has 5 heteroatoms. The third-order valence-electron chi connectivity index (χ3n) is 4.33. The molecule has 112 valence electrons. The highest BCUT2D eigenvalue weighted by Crippen LogP contribution is 2.32. The van der Waals surface area contributed by atoms with Crippen molar-refractivity contribution in [3.8, 4) is 0 Å². The molecule has 2 aliphatic heterocycles. The summed E-state index contributed by atoms with van der Waals surface area (Å²) in [5.41, 5.74) is 1.17. The van der Waals surface area contributed by atoms with Crippen LogP contribution in [0.5, 0.6) is 0 Å². The Hall–Kier alpha value is -1.59. The van der Waals surface area contributed by atoms with Gasteiger partial charge in [0, 0.05) is 25.1 Å². The lowest BCUT2D eigenvalue weighted by molar-refractivity contribution is -0.0366. The Bertz CT molecular complexity index is 561. The molecule has 3 heterocycles. The van der Waals surface area contributed by atoms with E-state index < -0.39 is 0 Å². The second kappa shape index (κ2) is 5.66. The molecule has 0 amide bonds. The standard InChI is InChI=1S/C16H21N3O2/c1-2-6-14-13(5-1)16(18-8-11-20-12-9-18)17-19(14)15-7-3-4-10-21-15/h1-2,5-6,15H,3-4,7-12H2. The fourth-order valence-electron chi connectivity index (χ4n) is 3.22. The molecule has 2 saturated heterocycles. The highest BCUT2D eigenvalue weighted by atomic mass is 16.5. The number of hydrogen-bond donors (Lipinski definition) is 0. The minimum Gasteiger partial charge on any atom is -0.378 e. The highest BCUT2D eigenvalue weighted by molar-refractivity contribution is 5.90. The van der Waals surface area contributed by atoms with Crippen molar-refractivity contribution in [1.82, 2.24) is 9.78 Å². The summed E-state index contributed by atoms with van der Waals surface area (Å²) in [5.74, 6) is 1.07. The van der Waals surface area contributed by atoms with Crippen molar-refractivity contribution in [1.29, 1.82) is 0 Å². The van der Waals surface area contributed by atoms with E-state index in [4.69, 9.17) is 14.6 Å². The Morgan fingerprint density at radius 1 is 1.05 bits per heavy atom. The summed E-state index contributed by atoms with van der Waals surface area (Å²) in [4.78, 5) is 2.32. The molecule has 1 unspecified atom stereocenters. The van der Waals surface area contributed by atoms with E-state index in [0.717, 1.165) is 51.6 Å². The first-order valence-corrected chi connectivity index (χ1v) is 7.85. The molecule has 0 saturated carbocycles. The minimum absolute atomic E-state index is 0.0819. The van der Waals surface area contributed by atoms with Crippen LogP contribution in [0.15, 0.2) is 24.3 Å². The Balaban J connectivity index is 1.76. The van der Waals surface area contributed by atoms with E-state index in [1.54, 1.807) is 0 Å². The van der Waals surface area contributed by atoms with Gasteiger partial charge in [0.15, 0.2) is 12.0 Å². The molecule has 2 aliphatic rings. The second-order valence-electron chi connectivity index (χ2n) is 5.71. The normalized spacial score (nSPS) is 23.6. The van der Waals surface area contributed by atoms with Gasteiger partial charge in [0.25, 0.3) is 0 Å². The SMILES string of the molecule is c1ccc2c(c1)c(N1CCOCC1)nn2C1CCCCO1. The maximum atomic E-state index is 5.93. The van der Waals surface area contributed by atoms with E-state index in [0.29, 0.717) is 0 Å². The molecule has 0 bridgehead atoms. The van der Waals surface area contributed by atoms with Crippen LogP contribution in [0.1, 0.15) is 25.5 Å². The van der Waals surface area contributed by atoms with Gasteiger partial charge >= 0.3 is 0 Å². The molecule has 1 atom stereocenters. The monoisotopic (exact) mass is 287 g/mol. The van der Waals surface area contributed by atoms with E-state index in [2.05, 4.69) is 33.8 Å². The van der Waals surface area contributed by atoms with Crippen LogP contribution in [0, 0.1) is 0 Å². The Labute approximate surface area is 124 Å². The summed E-state index contributed by atoms with van der Waals surface area (Å²) in [6.45, 7) is 4.22. The predicted octanol–water partition coefficient (Wildman–Crippen LogP) is 2.57. The van der Waals surface area contributed by atoms with Crippen molar-refractivity contribution < 1.29 is 9.47 Å². The number of fused-ring (bicyclic) bond motifs is 1. The molecule has 5 nitrogen and oxygen atoms in total. The first-order valence-electron chi connectivity index (χ1n) is 7.85. The average Bonchev–Trinajstić information content (AvgIpc) is 2.96. The Morgan fingerprint density at radius 3 is 2.71 bits per heavy atom. The quantitative estimate of drug-likeness (QED) is 0.851. The van der Waals surface area contributed by atoms with Crippen LogP contribution < -0.4 is 4.90 Å². The van der Waals surface area contributed by atoms with E-state index in [-0.39, 0.29) is 6.23 Å². The molecule has 21 heavy (non-hydrogen) atoms. The number of benzene rings is 1. The number of morpholine rings is 1. The van der Waals surface area contributed by atoms with Crippen molar-refractivity contribution >= 4 is 16.7 Å². The van der Waals surface area contributed by atoms with Gasteiger partial charge in [-0.25, -0.2) is 4.68 Å². The molecule has 0 N–H and O–H groups in total. The smallest absolute Gasteiger partial charge is 0.158 e. The molecular weight excluding hydrogens is 266 g/mol. The third kappa shape index (κ3) is 2.40. The van der Waals surface area contributed by atoms with Crippen molar-refractivity contribution in [3.63, 3.8) is 0 Å². The molecule has 2 fully saturated rings. The number of ether oxygens (including phenoxy) is 2. The van der Waals surface area contributed by atoms with Crippen LogP contribution in [0.25, 0.3) is 10.9 Å². The maximum absolute atomic E-state index is 5.93. The molecular formula is C16H21N3O2. The first-order chi connectivity index (χ1) is 10.4. The van der Waals surface area contributed by atoms with Crippen LogP contribution in [-0.2, 0) is 9.47 Å². The van der Waals surface area contributed by atoms with Gasteiger partial charge in [0.05, 0.1) is 18.7 Å². The fraction of sp³-hybridized carbons (Fsp3) is 0.562. The lowest BCUT2D eigenvalue weighted by Gasteiger charge is -2.27. The lowest BCUT2D eigenvalue weighted by Crippen LogP contribution is -2.36. The molecule has 2 aromatic rings. The van der Waals surface area contributed by atoms with E-state index in [1.165, 1.54) is 17.3 Å². The van der Waals surface area contributed by atoms with Crippen LogP contribution in [0.4, 0.5) is 5.82 Å². The van der Waals surface area contributed by atoms with Gasteiger partial charge in [0.2, 0.25) is 0 Å². The summed E-state index contributed by atoms with van der Waals surface area (Å²) in [5, 5.41) is 6.11. The molecule has 0 aliphatic carbocycles. The van der Waals surface area contributed by atoms with Crippen LogP contribution in [-0.4, -0.2) is 42.7 Å². The summed E-state index contributed by atoms with van der Waals surface area (Å²) in [6.07, 6.45) is 3.50. The topological polar surface area (TPSA) is 39.5 Å². The lowest BCUT2D eigenvalue weighted by atomic mass is 10.2. The molecule has 0 radical (unpaired) electrons. The summed E-state index contributed by atoms with van der Waals surface area (Å²) in [6, 6.07) is 8.46. The minimum atomic E-state index is 0.0819. The summed E-state index contributed by atoms with van der Waals surface area (Å²) >= 11 is 0. The molecule has 4 rings (SSSR count). The zero-order valence-corrected chi connectivity index (χ0v) is 12.2. The zero-order chi connectivity index (χ0) is 14.1. The first kappa shape index (κ1) is 13.1. The van der Waals surface area contributed by atoms with Gasteiger partial charge in [-0.15, -0.1) is 0 Å². The number of para-hydroxylation sites is 1. The van der Waals surface area contributed by atoms with Crippen molar-refractivity contribution in [2.45, 2.75) is 25.5 Å². The van der Waals surface area contributed by atoms with Gasteiger partial charge in [0.1, 0.15) is 0 Å². The van der Waals surface area contributed by atoms with Gasteiger partial charge in [-0.05, 0) is 31.4 Å². The number of hydrogen-bond acceptors (Lipinski definition) is 4. The van der Waals surface area contributed by atoms with Gasteiger partial charge in [-0.3, -0.25) is 0 Å². The third-order valence-corrected chi connectivity index (χ3v) is 4.33. The van der Waals surface area contributed by atoms with Gasteiger partial charge in [-0.1, -0.05) is 12.1 Å². The van der Waals surface area contributed by atoms with Crippen molar-refractivity contribution in [2.75, 3.05) is 37.8 Å². The number of rotatable bonds is 2. The Morgan fingerprint density at radius 2 is 1.90 bits per heavy atom. The molecule has 1 aromatic carbocycles. The molecule has 0 spiro atoms. The summed E-state index contributed by atoms with van der Waals surface area (Å²) in [7, 11) is 0. The van der Waals surface area contributed by atoms with Crippen LogP contribution in [0.2, 0.25) is 0 Å². The number of aromatic nitrogens is 2. The number of nitrogens with zero attached hydrogens (tertiary/aromatic N) is 3. The van der Waals surface area contributed by atoms with Crippen molar-refractivity contribution in [2.24, 2.45) is 0 Å². The Kier molecular flexibility index (Phi) is 3.53. The van der Waals surface area contributed by atoms with Crippen LogP contribution >= 0.6 is 0 Å². The fourth-order valence-corrected chi connectivity index (χ4v) is 3.22. The maximum Gasteiger partial charge on any atom is 0.158 e. The van der Waals surface area contributed by atoms with Crippen molar-refractivity contribution in [3.05, 3.63) is 24.3 Å². The average molecular weight is 287 g/mol. The zero-order valence-electron chi connectivity index (χ0n) is 12.2. The van der Waals surface area contributed by atoms with E-state index in [9.17, 15) is 0 Å². The second-order valence-corrected chi connectivity index (χ2v) is 5.71. The largest absolute Gasteiger partial charge is 0.378 e. The van der Waals surface area contributed by atoms with E-state index in [1.807, 2.05) is 0 Å². The predicted molar refractivity (Wildman–Crippen MR) is 81.6 cm³/mol. The van der Waals surface area contributed by atoms with E-state index >= 15 is 0 Å². The van der Waals surface area contributed by atoms with Crippen LogP contribution in [0.3, 0.4) is 0 Å². The van der Waals surface area contributed by atoms with Gasteiger partial charge in [-0.2, -0.15) is 5.10 Å². The number of anilines is 1. The molecule has 1 aromatic heterocycles. The highest BCUT2D eigenvalue weighted by Gasteiger charge is 2.23. The van der Waals surface area contributed by atoms with Gasteiger partial charge < -0.3 is 14.4 Å².